The predicted molar refractivity (Wildman–Crippen MR) is 45.6 cm³/mol. The minimum absolute atomic E-state index is 0.220. The Hall–Kier alpha value is -0.640. The first-order valence-electron chi connectivity index (χ1n) is 3.55. The van der Waals surface area contributed by atoms with E-state index in [1.165, 1.54) is 6.92 Å². The smallest absolute Gasteiger partial charge is 0.227 e. The van der Waals surface area contributed by atoms with Gasteiger partial charge in [-0.1, -0.05) is 0 Å². The number of sulfonamides is 1. The van der Waals surface area contributed by atoms with Gasteiger partial charge in [0.05, 0.1) is 6.07 Å². The van der Waals surface area contributed by atoms with Gasteiger partial charge in [-0.05, 0) is 13.8 Å². The van der Waals surface area contributed by atoms with E-state index >= 15 is 0 Å². The van der Waals surface area contributed by atoms with E-state index in [9.17, 15) is 8.42 Å². The van der Waals surface area contributed by atoms with Gasteiger partial charge < -0.3 is 5.73 Å². The average molecular weight is 191 g/mol. The molecule has 6 heteroatoms. The van der Waals surface area contributed by atoms with Gasteiger partial charge in [0.15, 0.2) is 5.25 Å². The number of rotatable bonds is 4. The van der Waals surface area contributed by atoms with Crippen molar-refractivity contribution in [2.75, 3.05) is 6.54 Å². The van der Waals surface area contributed by atoms with Gasteiger partial charge >= 0.3 is 0 Å². The second-order valence-electron chi connectivity index (χ2n) is 2.57. The Morgan fingerprint density at radius 3 is 2.42 bits per heavy atom. The van der Waals surface area contributed by atoms with Gasteiger partial charge in [0.25, 0.3) is 0 Å². The fourth-order valence-electron chi connectivity index (χ4n) is 0.500. The quantitative estimate of drug-likeness (QED) is 0.606. The molecule has 0 aliphatic rings. The number of nitrogens with zero attached hydrogens (tertiary/aromatic N) is 1. The van der Waals surface area contributed by atoms with Crippen LogP contribution in [0.5, 0.6) is 0 Å². The molecule has 70 valence electrons. The van der Waals surface area contributed by atoms with Crippen LogP contribution >= 0.6 is 0 Å². The van der Waals surface area contributed by atoms with Crippen molar-refractivity contribution in [3.63, 3.8) is 0 Å². The highest BCUT2D eigenvalue weighted by atomic mass is 32.2. The van der Waals surface area contributed by atoms with E-state index < -0.39 is 15.3 Å². The lowest BCUT2D eigenvalue weighted by atomic mass is 10.4. The van der Waals surface area contributed by atoms with Gasteiger partial charge in [-0.2, -0.15) is 5.26 Å². The van der Waals surface area contributed by atoms with Gasteiger partial charge in [0, 0.05) is 12.6 Å². The highest BCUT2D eigenvalue weighted by Crippen LogP contribution is 1.97. The Labute approximate surface area is 72.6 Å². The third-order valence-electron chi connectivity index (χ3n) is 1.37. The monoisotopic (exact) mass is 191 g/mol. The molecule has 0 rings (SSSR count). The summed E-state index contributed by atoms with van der Waals surface area (Å²) in [5.41, 5.74) is 5.21. The molecule has 5 nitrogen and oxygen atoms in total. The van der Waals surface area contributed by atoms with Crippen LogP contribution in [0.2, 0.25) is 0 Å². The molecule has 2 atom stereocenters. The summed E-state index contributed by atoms with van der Waals surface area (Å²) in [5.74, 6) is 0. The lowest BCUT2D eigenvalue weighted by Gasteiger charge is -2.12. The molecule has 1 unspecified atom stereocenters. The van der Waals surface area contributed by atoms with Gasteiger partial charge in [0.1, 0.15) is 0 Å². The van der Waals surface area contributed by atoms with Crippen molar-refractivity contribution in [3.05, 3.63) is 0 Å². The topological polar surface area (TPSA) is 96.0 Å². The van der Waals surface area contributed by atoms with Gasteiger partial charge in [0.2, 0.25) is 10.0 Å². The third kappa shape index (κ3) is 3.17. The summed E-state index contributed by atoms with van der Waals surface area (Å²) < 4.78 is 24.6. The van der Waals surface area contributed by atoms with Gasteiger partial charge in [-0.25, -0.2) is 13.1 Å². The number of nitrogens with two attached hydrogens (primary N) is 1. The molecule has 12 heavy (non-hydrogen) atoms. The molecular formula is C6H13N3O2S. The predicted octanol–water partition coefficient (Wildman–Crippen LogP) is -0.835. The van der Waals surface area contributed by atoms with Crippen molar-refractivity contribution < 1.29 is 8.42 Å². The molecule has 0 aliphatic carbocycles. The number of hydrogen-bond donors (Lipinski definition) is 2. The highest BCUT2D eigenvalue weighted by molar-refractivity contribution is 7.90. The Kier molecular flexibility index (Phi) is 4.17. The lowest BCUT2D eigenvalue weighted by molar-refractivity contribution is 0.558. The van der Waals surface area contributed by atoms with Gasteiger partial charge in [-0.3, -0.25) is 0 Å². The Morgan fingerprint density at radius 2 is 2.08 bits per heavy atom. The van der Waals surface area contributed by atoms with Crippen LogP contribution in [0.4, 0.5) is 0 Å². The van der Waals surface area contributed by atoms with Crippen LogP contribution in [0.25, 0.3) is 0 Å². The number of nitriles is 1. The Bertz CT molecular complexity index is 267. The van der Waals surface area contributed by atoms with Crippen LogP contribution in [0.3, 0.4) is 0 Å². The van der Waals surface area contributed by atoms with E-state index in [4.69, 9.17) is 11.0 Å². The standard InChI is InChI=1S/C6H13N3O2S/c1-5(3-7)9-12(10,11)6(2)4-8/h5-6,9H,3,7H2,1-2H3/t5-,6?/m1/s1. The summed E-state index contributed by atoms with van der Waals surface area (Å²) in [6.07, 6.45) is 0. The number of nitrogens with one attached hydrogen (secondary N) is 1. The molecule has 0 radical (unpaired) electrons. The molecule has 0 heterocycles. The van der Waals surface area contributed by atoms with Crippen molar-refractivity contribution >= 4 is 10.0 Å². The summed E-state index contributed by atoms with van der Waals surface area (Å²) in [5, 5.41) is 7.32. The molecule has 0 bridgehead atoms. The summed E-state index contributed by atoms with van der Waals surface area (Å²) in [6, 6.07) is 1.32. The van der Waals surface area contributed by atoms with Crippen molar-refractivity contribution in [2.24, 2.45) is 5.73 Å². The van der Waals surface area contributed by atoms with E-state index in [1.54, 1.807) is 13.0 Å². The molecule has 0 amide bonds. The molecular weight excluding hydrogens is 178 g/mol. The Morgan fingerprint density at radius 1 is 1.58 bits per heavy atom. The largest absolute Gasteiger partial charge is 0.329 e. The molecule has 0 aromatic rings. The maximum absolute atomic E-state index is 11.1. The van der Waals surface area contributed by atoms with E-state index in [0.717, 1.165) is 0 Å². The van der Waals surface area contributed by atoms with Crippen LogP contribution in [0.15, 0.2) is 0 Å². The van der Waals surface area contributed by atoms with E-state index in [0.29, 0.717) is 0 Å². The molecule has 0 saturated heterocycles. The van der Waals surface area contributed by atoms with Crippen molar-refractivity contribution in [3.8, 4) is 6.07 Å². The second-order valence-corrected chi connectivity index (χ2v) is 4.60. The zero-order valence-corrected chi connectivity index (χ0v) is 7.93. The van der Waals surface area contributed by atoms with E-state index in [-0.39, 0.29) is 12.6 Å². The molecule has 0 spiro atoms. The first kappa shape index (κ1) is 11.4. The van der Waals surface area contributed by atoms with Crippen LogP contribution in [0.1, 0.15) is 13.8 Å². The summed E-state index contributed by atoms with van der Waals surface area (Å²) in [6.45, 7) is 3.19. The summed E-state index contributed by atoms with van der Waals surface area (Å²) >= 11 is 0. The molecule has 0 aromatic heterocycles. The van der Waals surface area contributed by atoms with Crippen LogP contribution in [0, 0.1) is 11.3 Å². The minimum Gasteiger partial charge on any atom is -0.329 e. The van der Waals surface area contributed by atoms with Crippen molar-refractivity contribution in [1.29, 1.82) is 5.26 Å². The first-order valence-corrected chi connectivity index (χ1v) is 5.09. The minimum atomic E-state index is -3.51. The van der Waals surface area contributed by atoms with Crippen molar-refractivity contribution in [1.82, 2.24) is 4.72 Å². The maximum atomic E-state index is 11.1. The molecule has 0 aliphatic heterocycles. The third-order valence-corrected chi connectivity index (χ3v) is 3.13. The van der Waals surface area contributed by atoms with Crippen LogP contribution in [-0.2, 0) is 10.0 Å². The Balaban J connectivity index is 4.36. The highest BCUT2D eigenvalue weighted by Gasteiger charge is 2.21. The van der Waals surface area contributed by atoms with Crippen LogP contribution in [-0.4, -0.2) is 26.3 Å². The summed E-state index contributed by atoms with van der Waals surface area (Å²) in [4.78, 5) is 0. The van der Waals surface area contributed by atoms with E-state index in [2.05, 4.69) is 4.72 Å². The molecule has 0 fully saturated rings. The summed E-state index contributed by atoms with van der Waals surface area (Å²) in [7, 11) is -3.51. The molecule has 3 N–H and O–H groups in total. The van der Waals surface area contributed by atoms with E-state index in [1.807, 2.05) is 0 Å². The molecule has 0 saturated carbocycles. The zero-order chi connectivity index (χ0) is 9.78. The maximum Gasteiger partial charge on any atom is 0.227 e. The second kappa shape index (κ2) is 4.40. The average Bonchev–Trinajstić information content (AvgIpc) is 2.02. The van der Waals surface area contributed by atoms with Crippen molar-refractivity contribution in [2.45, 2.75) is 25.1 Å². The lowest BCUT2D eigenvalue weighted by Crippen LogP contribution is -2.41. The first-order chi connectivity index (χ1) is 5.44. The zero-order valence-electron chi connectivity index (χ0n) is 7.11. The van der Waals surface area contributed by atoms with Crippen LogP contribution < -0.4 is 10.5 Å². The SMILES string of the molecule is CC(C#N)S(=O)(=O)N[C@H](C)CN. The normalized spacial score (nSPS) is 16.5. The molecule has 0 aromatic carbocycles. The fraction of sp³-hybridized carbons (Fsp3) is 0.833. The fourth-order valence-corrected chi connectivity index (χ4v) is 1.50. The van der Waals surface area contributed by atoms with Gasteiger partial charge in [-0.15, -0.1) is 0 Å². The number of hydrogen-bond acceptors (Lipinski definition) is 4.